The summed E-state index contributed by atoms with van der Waals surface area (Å²) in [5.74, 6) is 0.180. The first-order valence-electron chi connectivity index (χ1n) is 5.78. The molecule has 0 bridgehead atoms. The normalized spacial score (nSPS) is 13.4. The van der Waals surface area contributed by atoms with E-state index in [1.165, 1.54) is 6.07 Å². The molecule has 102 valence electrons. The molecule has 1 aromatic heterocycles. The average molecular weight is 262 g/mol. The van der Waals surface area contributed by atoms with Gasteiger partial charge in [-0.1, -0.05) is 6.92 Å². The second-order valence-electron chi connectivity index (χ2n) is 3.98. The van der Waals surface area contributed by atoms with Gasteiger partial charge in [0.15, 0.2) is 6.10 Å². The van der Waals surface area contributed by atoms with E-state index in [0.717, 1.165) is 5.69 Å². The Labute approximate surface area is 104 Å². The SMILES string of the molecule is CCc1nc(C)ccc1OC(CCN)C(F)(F)F. The number of nitrogens with two attached hydrogens (primary N) is 1. The van der Waals surface area contributed by atoms with Crippen LogP contribution < -0.4 is 10.5 Å². The third-order valence-corrected chi connectivity index (χ3v) is 2.47. The first-order valence-corrected chi connectivity index (χ1v) is 5.78. The molecule has 1 aromatic rings. The summed E-state index contributed by atoms with van der Waals surface area (Å²) in [6, 6.07) is 3.15. The van der Waals surface area contributed by atoms with Gasteiger partial charge in [0.1, 0.15) is 5.75 Å². The largest absolute Gasteiger partial charge is 0.479 e. The van der Waals surface area contributed by atoms with E-state index < -0.39 is 12.3 Å². The summed E-state index contributed by atoms with van der Waals surface area (Å²) in [6.07, 6.45) is -6.04. The van der Waals surface area contributed by atoms with Gasteiger partial charge in [0.05, 0.1) is 5.69 Å². The molecule has 0 aromatic carbocycles. The molecule has 1 rings (SSSR count). The monoisotopic (exact) mass is 262 g/mol. The lowest BCUT2D eigenvalue weighted by Gasteiger charge is -2.22. The van der Waals surface area contributed by atoms with Crippen LogP contribution in [-0.2, 0) is 6.42 Å². The molecule has 1 atom stereocenters. The number of alkyl halides is 3. The molecule has 0 saturated carbocycles. The molecule has 0 radical (unpaired) electrons. The highest BCUT2D eigenvalue weighted by molar-refractivity contribution is 5.29. The van der Waals surface area contributed by atoms with Crippen LogP contribution >= 0.6 is 0 Å². The fourth-order valence-electron chi connectivity index (χ4n) is 1.55. The van der Waals surface area contributed by atoms with Crippen molar-refractivity contribution in [3.63, 3.8) is 0 Å². The number of nitrogens with zero attached hydrogens (tertiary/aromatic N) is 1. The second kappa shape index (κ2) is 6.04. The van der Waals surface area contributed by atoms with Crippen LogP contribution in [0, 0.1) is 6.92 Å². The summed E-state index contributed by atoms with van der Waals surface area (Å²) in [6.45, 7) is 3.52. The molecule has 1 heterocycles. The zero-order valence-corrected chi connectivity index (χ0v) is 10.4. The summed E-state index contributed by atoms with van der Waals surface area (Å²) < 4.78 is 43.1. The van der Waals surface area contributed by atoms with Crippen LogP contribution in [0.25, 0.3) is 0 Å². The summed E-state index contributed by atoms with van der Waals surface area (Å²) in [7, 11) is 0. The number of hydrogen-bond acceptors (Lipinski definition) is 3. The minimum Gasteiger partial charge on any atom is -0.479 e. The highest BCUT2D eigenvalue weighted by Crippen LogP contribution is 2.28. The Bertz CT molecular complexity index is 393. The van der Waals surface area contributed by atoms with E-state index in [1.54, 1.807) is 13.0 Å². The second-order valence-corrected chi connectivity index (χ2v) is 3.98. The zero-order valence-electron chi connectivity index (χ0n) is 10.4. The molecule has 0 aliphatic carbocycles. The third kappa shape index (κ3) is 3.87. The van der Waals surface area contributed by atoms with Gasteiger partial charge in [0.2, 0.25) is 0 Å². The lowest BCUT2D eigenvalue weighted by atomic mass is 10.2. The van der Waals surface area contributed by atoms with Gasteiger partial charge in [-0.25, -0.2) is 0 Å². The molecule has 6 heteroatoms. The Hall–Kier alpha value is -1.30. The standard InChI is InChI=1S/C12H17F3N2O/c1-3-9-10(5-4-8(2)17-9)18-11(6-7-16)12(13,14)15/h4-5,11H,3,6-7,16H2,1-2H3. The third-order valence-electron chi connectivity index (χ3n) is 2.47. The quantitative estimate of drug-likeness (QED) is 0.887. The van der Waals surface area contributed by atoms with Gasteiger partial charge in [-0.3, -0.25) is 4.98 Å². The van der Waals surface area contributed by atoms with Crippen LogP contribution in [0.1, 0.15) is 24.7 Å². The summed E-state index contributed by atoms with van der Waals surface area (Å²) in [5.41, 5.74) is 6.46. The molecule has 18 heavy (non-hydrogen) atoms. The van der Waals surface area contributed by atoms with Crippen molar-refractivity contribution in [2.75, 3.05) is 6.54 Å². The van der Waals surface area contributed by atoms with Crippen LogP contribution in [0.2, 0.25) is 0 Å². The molecule has 0 aliphatic heterocycles. The zero-order chi connectivity index (χ0) is 13.8. The average Bonchev–Trinajstić information content (AvgIpc) is 2.29. The lowest BCUT2D eigenvalue weighted by Crippen LogP contribution is -2.36. The summed E-state index contributed by atoms with van der Waals surface area (Å²) >= 11 is 0. The van der Waals surface area contributed by atoms with Crippen molar-refractivity contribution in [2.45, 2.75) is 39.0 Å². The summed E-state index contributed by atoms with van der Waals surface area (Å²) in [4.78, 5) is 4.16. The van der Waals surface area contributed by atoms with E-state index in [0.29, 0.717) is 12.1 Å². The molecule has 0 fully saturated rings. The summed E-state index contributed by atoms with van der Waals surface area (Å²) in [5, 5.41) is 0. The van der Waals surface area contributed by atoms with Crippen molar-refractivity contribution in [3.8, 4) is 5.75 Å². The molecule has 2 N–H and O–H groups in total. The molecule has 0 aliphatic rings. The Morgan fingerprint density at radius 1 is 1.39 bits per heavy atom. The maximum atomic E-state index is 12.7. The van der Waals surface area contributed by atoms with E-state index in [-0.39, 0.29) is 18.7 Å². The smallest absolute Gasteiger partial charge is 0.425 e. The molecule has 3 nitrogen and oxygen atoms in total. The molecule has 1 unspecified atom stereocenters. The Balaban J connectivity index is 2.93. The van der Waals surface area contributed by atoms with Crippen molar-refractivity contribution < 1.29 is 17.9 Å². The van der Waals surface area contributed by atoms with E-state index in [2.05, 4.69) is 4.98 Å². The predicted octanol–water partition coefficient (Wildman–Crippen LogP) is 2.61. The molecule has 0 amide bonds. The number of hydrogen-bond donors (Lipinski definition) is 1. The molecular formula is C12H17F3N2O. The van der Waals surface area contributed by atoms with E-state index >= 15 is 0 Å². The van der Waals surface area contributed by atoms with E-state index in [9.17, 15) is 13.2 Å². The Morgan fingerprint density at radius 3 is 2.56 bits per heavy atom. The number of aryl methyl sites for hydroxylation is 2. The Kier molecular flexibility index (Phi) is 4.95. The van der Waals surface area contributed by atoms with Gasteiger partial charge in [-0.2, -0.15) is 13.2 Å². The Morgan fingerprint density at radius 2 is 2.06 bits per heavy atom. The number of rotatable bonds is 5. The minimum absolute atomic E-state index is 0.0784. The van der Waals surface area contributed by atoms with Crippen LogP contribution in [0.5, 0.6) is 5.75 Å². The minimum atomic E-state index is -4.42. The number of aromatic nitrogens is 1. The molecular weight excluding hydrogens is 245 g/mol. The first kappa shape index (κ1) is 14.8. The topological polar surface area (TPSA) is 48.1 Å². The number of pyridine rings is 1. The van der Waals surface area contributed by atoms with Crippen LogP contribution in [0.15, 0.2) is 12.1 Å². The van der Waals surface area contributed by atoms with Gasteiger partial charge in [-0.05, 0) is 32.0 Å². The van der Waals surface area contributed by atoms with Gasteiger partial charge in [0.25, 0.3) is 0 Å². The molecule has 0 spiro atoms. The fraction of sp³-hybridized carbons (Fsp3) is 0.583. The maximum Gasteiger partial charge on any atom is 0.425 e. The predicted molar refractivity (Wildman–Crippen MR) is 62.5 cm³/mol. The fourth-order valence-corrected chi connectivity index (χ4v) is 1.55. The van der Waals surface area contributed by atoms with Crippen molar-refractivity contribution in [3.05, 3.63) is 23.5 Å². The van der Waals surface area contributed by atoms with Gasteiger partial charge < -0.3 is 10.5 Å². The van der Waals surface area contributed by atoms with Crippen LogP contribution in [0.3, 0.4) is 0 Å². The van der Waals surface area contributed by atoms with Crippen LogP contribution in [0.4, 0.5) is 13.2 Å². The van der Waals surface area contributed by atoms with Gasteiger partial charge in [0, 0.05) is 12.1 Å². The van der Waals surface area contributed by atoms with Crippen LogP contribution in [-0.4, -0.2) is 23.8 Å². The maximum absolute atomic E-state index is 12.7. The van der Waals surface area contributed by atoms with Crippen molar-refractivity contribution in [1.82, 2.24) is 4.98 Å². The highest BCUT2D eigenvalue weighted by atomic mass is 19.4. The number of halogens is 3. The van der Waals surface area contributed by atoms with E-state index in [1.807, 2.05) is 6.92 Å². The lowest BCUT2D eigenvalue weighted by molar-refractivity contribution is -0.196. The first-order chi connectivity index (χ1) is 8.38. The van der Waals surface area contributed by atoms with Gasteiger partial charge in [-0.15, -0.1) is 0 Å². The number of ether oxygens (including phenoxy) is 1. The van der Waals surface area contributed by atoms with E-state index in [4.69, 9.17) is 10.5 Å². The van der Waals surface area contributed by atoms with Crippen molar-refractivity contribution in [1.29, 1.82) is 0 Å². The highest BCUT2D eigenvalue weighted by Gasteiger charge is 2.41. The van der Waals surface area contributed by atoms with Crippen molar-refractivity contribution in [2.24, 2.45) is 5.73 Å². The van der Waals surface area contributed by atoms with Crippen molar-refractivity contribution >= 4 is 0 Å². The van der Waals surface area contributed by atoms with Gasteiger partial charge >= 0.3 is 6.18 Å². The molecule has 0 saturated heterocycles.